The van der Waals surface area contributed by atoms with Gasteiger partial charge >= 0.3 is 12.1 Å². The number of carbonyl (C=O) groups is 2. The summed E-state index contributed by atoms with van der Waals surface area (Å²) in [5, 5.41) is 8.89. The van der Waals surface area contributed by atoms with E-state index in [1.807, 2.05) is 0 Å². The molecular formula is C31H34F3NO4S. The summed E-state index contributed by atoms with van der Waals surface area (Å²) in [6.45, 7) is 2.19. The summed E-state index contributed by atoms with van der Waals surface area (Å²) in [7, 11) is 1.58. The molecule has 1 aromatic heterocycles. The fourth-order valence-corrected chi connectivity index (χ4v) is 6.33. The fraction of sp³-hybridized carbons (Fsp3) is 0.419. The molecular weight excluding hydrogens is 539 g/mol. The summed E-state index contributed by atoms with van der Waals surface area (Å²) in [5.41, 5.74) is 1.60. The summed E-state index contributed by atoms with van der Waals surface area (Å²) in [6, 6.07) is 14.3. The van der Waals surface area contributed by atoms with Crippen LogP contribution >= 0.6 is 11.3 Å². The van der Waals surface area contributed by atoms with Crippen molar-refractivity contribution in [1.82, 2.24) is 4.90 Å². The van der Waals surface area contributed by atoms with Crippen LogP contribution in [0.15, 0.2) is 54.6 Å². The minimum Gasteiger partial charge on any atom is -0.485 e. The number of benzene rings is 2. The largest absolute Gasteiger partial charge is 0.485 e. The van der Waals surface area contributed by atoms with Crippen LogP contribution in [0, 0.1) is 5.92 Å². The number of aliphatic carboxylic acids is 1. The van der Waals surface area contributed by atoms with Crippen LogP contribution in [0.1, 0.15) is 77.9 Å². The van der Waals surface area contributed by atoms with E-state index in [0.717, 1.165) is 65.1 Å². The second kappa shape index (κ2) is 12.9. The Morgan fingerprint density at radius 2 is 1.70 bits per heavy atom. The second-order valence-corrected chi connectivity index (χ2v) is 11.4. The predicted molar refractivity (Wildman–Crippen MR) is 150 cm³/mol. The topological polar surface area (TPSA) is 66.8 Å². The highest BCUT2D eigenvalue weighted by Crippen LogP contribution is 2.44. The summed E-state index contributed by atoms with van der Waals surface area (Å²) < 4.78 is 45.9. The van der Waals surface area contributed by atoms with Gasteiger partial charge < -0.3 is 14.7 Å². The van der Waals surface area contributed by atoms with Gasteiger partial charge in [0, 0.05) is 40.4 Å². The molecule has 1 amide bonds. The van der Waals surface area contributed by atoms with Gasteiger partial charge in [0.2, 0.25) is 0 Å². The van der Waals surface area contributed by atoms with E-state index in [1.54, 1.807) is 42.6 Å². The van der Waals surface area contributed by atoms with Crippen LogP contribution in [-0.2, 0) is 17.4 Å². The van der Waals surface area contributed by atoms with Crippen molar-refractivity contribution in [1.29, 1.82) is 0 Å². The average Bonchev–Trinajstić information content (AvgIpc) is 3.39. The van der Waals surface area contributed by atoms with E-state index in [2.05, 4.69) is 13.0 Å². The quantitative estimate of drug-likeness (QED) is 0.265. The smallest absolute Gasteiger partial charge is 0.416 e. The Bertz CT molecular complexity index is 1300. The number of hydrogen-bond acceptors (Lipinski definition) is 4. The first-order valence-electron chi connectivity index (χ1n) is 13.6. The van der Waals surface area contributed by atoms with Gasteiger partial charge in [-0.3, -0.25) is 9.59 Å². The number of rotatable bonds is 10. The first-order valence-corrected chi connectivity index (χ1v) is 14.4. The number of nitrogens with zero attached hydrogens (tertiary/aromatic N) is 1. The van der Waals surface area contributed by atoms with Crippen LogP contribution in [0.2, 0.25) is 0 Å². The van der Waals surface area contributed by atoms with Crippen molar-refractivity contribution < 1.29 is 32.6 Å². The number of ether oxygens (including phenoxy) is 1. The number of carbonyl (C=O) groups excluding carboxylic acids is 1. The van der Waals surface area contributed by atoms with Gasteiger partial charge in [-0.1, -0.05) is 38.3 Å². The number of halogens is 3. The van der Waals surface area contributed by atoms with Crippen LogP contribution in [0.3, 0.4) is 0 Å². The number of hydrogen-bond donors (Lipinski definition) is 1. The number of amides is 1. The van der Waals surface area contributed by atoms with Crippen molar-refractivity contribution in [2.24, 2.45) is 5.92 Å². The van der Waals surface area contributed by atoms with Gasteiger partial charge in [0.1, 0.15) is 11.9 Å². The van der Waals surface area contributed by atoms with Crippen LogP contribution in [0.4, 0.5) is 13.2 Å². The molecule has 1 unspecified atom stereocenters. The highest BCUT2D eigenvalue weighted by molar-refractivity contribution is 7.15. The summed E-state index contributed by atoms with van der Waals surface area (Å²) in [5.74, 6) is -0.287. The predicted octanol–water partition coefficient (Wildman–Crippen LogP) is 8.24. The molecule has 40 heavy (non-hydrogen) atoms. The average molecular weight is 574 g/mol. The molecule has 1 atom stereocenters. The van der Waals surface area contributed by atoms with Crippen molar-refractivity contribution in [3.05, 3.63) is 76.2 Å². The first kappa shape index (κ1) is 29.6. The molecule has 1 N–H and O–H groups in total. The third-order valence-corrected chi connectivity index (χ3v) is 8.76. The van der Waals surface area contributed by atoms with Gasteiger partial charge in [-0.25, -0.2) is 0 Å². The molecule has 1 saturated carbocycles. The standard InChI is InChI=1S/C31H34F3NO4S/c1-3-26-25(19-27(40-26)20-9-13-23(14-10-20)31(32,33)34)29(21-7-5-4-6-8-21)39-24-15-11-22(12-16-24)30(38)35(2)18-17-28(36)37/h9-16,19,21,29H,3-8,17-18H2,1-2H3,(H,36,37). The zero-order valence-corrected chi connectivity index (χ0v) is 23.5. The molecule has 1 fully saturated rings. The maximum atomic E-state index is 13.1. The molecule has 0 spiro atoms. The third kappa shape index (κ3) is 7.24. The molecule has 1 heterocycles. The van der Waals surface area contributed by atoms with Crippen LogP contribution in [0.25, 0.3) is 10.4 Å². The van der Waals surface area contributed by atoms with Crippen LogP contribution in [0.5, 0.6) is 5.75 Å². The fourth-order valence-electron chi connectivity index (χ4n) is 5.18. The van der Waals surface area contributed by atoms with Gasteiger partial charge in [-0.2, -0.15) is 13.2 Å². The van der Waals surface area contributed by atoms with Crippen LogP contribution < -0.4 is 4.74 Å². The normalized spacial score (nSPS) is 15.0. The number of thiophene rings is 1. The van der Waals surface area contributed by atoms with Gasteiger partial charge in [-0.05, 0) is 67.3 Å². The monoisotopic (exact) mass is 573 g/mol. The highest BCUT2D eigenvalue weighted by Gasteiger charge is 2.32. The Balaban J connectivity index is 1.59. The Hall–Kier alpha value is -3.33. The van der Waals surface area contributed by atoms with Crippen LogP contribution in [-0.4, -0.2) is 35.5 Å². The molecule has 214 valence electrons. The Kier molecular flexibility index (Phi) is 9.56. The molecule has 0 bridgehead atoms. The van der Waals surface area contributed by atoms with E-state index in [9.17, 15) is 22.8 Å². The minimum absolute atomic E-state index is 0.120. The molecule has 2 aromatic carbocycles. The van der Waals surface area contributed by atoms with Gasteiger partial charge in [-0.15, -0.1) is 11.3 Å². The number of alkyl halides is 3. The molecule has 1 aliphatic carbocycles. The Morgan fingerprint density at radius 3 is 2.27 bits per heavy atom. The van der Waals surface area contributed by atoms with E-state index in [0.29, 0.717) is 17.2 Å². The van der Waals surface area contributed by atoms with E-state index >= 15 is 0 Å². The van der Waals surface area contributed by atoms with E-state index in [-0.39, 0.29) is 25.0 Å². The molecule has 9 heteroatoms. The number of carboxylic acid groups (broad SMARTS) is 1. The second-order valence-electron chi connectivity index (χ2n) is 10.2. The zero-order chi connectivity index (χ0) is 28.9. The lowest BCUT2D eigenvalue weighted by atomic mass is 9.82. The van der Waals surface area contributed by atoms with E-state index in [4.69, 9.17) is 9.84 Å². The van der Waals surface area contributed by atoms with Crippen molar-refractivity contribution in [2.75, 3.05) is 13.6 Å². The minimum atomic E-state index is -4.37. The first-order chi connectivity index (χ1) is 19.1. The Morgan fingerprint density at radius 1 is 1.05 bits per heavy atom. The lowest BCUT2D eigenvalue weighted by molar-refractivity contribution is -0.138. The molecule has 0 aliphatic heterocycles. The molecule has 4 rings (SSSR count). The molecule has 1 aliphatic rings. The summed E-state index contributed by atoms with van der Waals surface area (Å²) >= 11 is 1.59. The lowest BCUT2D eigenvalue weighted by Gasteiger charge is -2.31. The lowest BCUT2D eigenvalue weighted by Crippen LogP contribution is -2.29. The van der Waals surface area contributed by atoms with E-state index in [1.165, 1.54) is 23.5 Å². The number of carboxylic acids is 1. The SMILES string of the molecule is CCc1sc(-c2ccc(C(F)(F)F)cc2)cc1C(Oc1ccc(C(=O)N(C)CCC(=O)O)cc1)C1CCCCC1. The third-order valence-electron chi connectivity index (χ3n) is 7.42. The van der Waals surface area contributed by atoms with E-state index < -0.39 is 17.7 Å². The summed E-state index contributed by atoms with van der Waals surface area (Å²) in [6.07, 6.45) is 1.57. The summed E-state index contributed by atoms with van der Waals surface area (Å²) in [4.78, 5) is 27.0. The van der Waals surface area contributed by atoms with Crippen molar-refractivity contribution >= 4 is 23.2 Å². The maximum absolute atomic E-state index is 13.1. The highest BCUT2D eigenvalue weighted by atomic mass is 32.1. The molecule has 0 saturated heterocycles. The van der Waals surface area contributed by atoms with Crippen molar-refractivity contribution in [3.8, 4) is 16.2 Å². The van der Waals surface area contributed by atoms with Crippen molar-refractivity contribution in [2.45, 2.75) is 64.1 Å². The number of aryl methyl sites for hydroxylation is 1. The van der Waals surface area contributed by atoms with Crippen molar-refractivity contribution in [3.63, 3.8) is 0 Å². The van der Waals surface area contributed by atoms with Gasteiger partial charge in [0.25, 0.3) is 5.91 Å². The van der Waals surface area contributed by atoms with Gasteiger partial charge in [0.05, 0.1) is 12.0 Å². The molecule has 5 nitrogen and oxygen atoms in total. The zero-order valence-electron chi connectivity index (χ0n) is 22.7. The molecule has 0 radical (unpaired) electrons. The Labute approximate surface area is 236 Å². The maximum Gasteiger partial charge on any atom is 0.416 e. The van der Waals surface area contributed by atoms with Gasteiger partial charge in [0.15, 0.2) is 0 Å². The molecule has 3 aromatic rings.